The first kappa shape index (κ1) is 16.6. The Morgan fingerprint density at radius 2 is 1.65 bits per heavy atom. The molecule has 0 saturated heterocycles. The third-order valence-corrected chi connectivity index (χ3v) is 3.28. The van der Waals surface area contributed by atoms with Gasteiger partial charge in [0.2, 0.25) is 0 Å². The molecule has 1 fully saturated rings. The van der Waals surface area contributed by atoms with E-state index in [0.717, 1.165) is 12.5 Å². The summed E-state index contributed by atoms with van der Waals surface area (Å²) in [4.78, 5) is 11.6. The summed E-state index contributed by atoms with van der Waals surface area (Å²) in [5, 5.41) is 3.31. The van der Waals surface area contributed by atoms with Crippen molar-refractivity contribution in [3.8, 4) is 0 Å². The van der Waals surface area contributed by atoms with Crippen molar-refractivity contribution in [1.82, 2.24) is 5.32 Å². The number of ketones is 1. The van der Waals surface area contributed by atoms with Gasteiger partial charge >= 0.3 is 0 Å². The van der Waals surface area contributed by atoms with Crippen LogP contribution in [0.2, 0.25) is 0 Å². The predicted octanol–water partition coefficient (Wildman–Crippen LogP) is 3.80. The molecular weight excluding hydrogens is 210 g/mol. The second-order valence-electron chi connectivity index (χ2n) is 5.81. The van der Waals surface area contributed by atoms with Gasteiger partial charge in [0.05, 0.1) is 6.54 Å². The topological polar surface area (TPSA) is 29.1 Å². The largest absolute Gasteiger partial charge is 0.310 e. The number of carbonyl (C=O) groups is 1. The highest BCUT2D eigenvalue weighted by molar-refractivity contribution is 5.85. The molecule has 0 spiro atoms. The van der Waals surface area contributed by atoms with Gasteiger partial charge in [0.25, 0.3) is 0 Å². The van der Waals surface area contributed by atoms with Crippen molar-refractivity contribution in [1.29, 1.82) is 0 Å². The van der Waals surface area contributed by atoms with Crippen molar-refractivity contribution in [2.24, 2.45) is 11.3 Å². The molecule has 0 aromatic heterocycles. The van der Waals surface area contributed by atoms with E-state index in [1.165, 1.54) is 32.1 Å². The van der Waals surface area contributed by atoms with Crippen LogP contribution in [0.15, 0.2) is 0 Å². The molecule has 0 aromatic carbocycles. The van der Waals surface area contributed by atoms with Gasteiger partial charge in [0, 0.05) is 5.41 Å². The van der Waals surface area contributed by atoms with E-state index in [1.54, 1.807) is 0 Å². The summed E-state index contributed by atoms with van der Waals surface area (Å²) in [7, 11) is 0. The van der Waals surface area contributed by atoms with E-state index in [9.17, 15) is 4.79 Å². The molecule has 0 amide bonds. The molecule has 0 aromatic rings. The second kappa shape index (κ2) is 8.68. The molecule has 102 valence electrons. The Labute approximate surface area is 108 Å². The molecule has 0 heterocycles. The summed E-state index contributed by atoms with van der Waals surface area (Å²) in [5.74, 6) is 1.13. The lowest BCUT2D eigenvalue weighted by molar-refractivity contribution is -0.125. The van der Waals surface area contributed by atoms with Gasteiger partial charge in [-0.2, -0.15) is 0 Å². The molecule has 17 heavy (non-hydrogen) atoms. The van der Waals surface area contributed by atoms with Gasteiger partial charge in [-0.05, 0) is 25.3 Å². The first-order valence-corrected chi connectivity index (χ1v) is 7.24. The first-order chi connectivity index (χ1) is 8.00. The van der Waals surface area contributed by atoms with E-state index in [0.29, 0.717) is 12.3 Å². The predicted molar refractivity (Wildman–Crippen MR) is 75.3 cm³/mol. The third-order valence-electron chi connectivity index (χ3n) is 3.28. The SMILES string of the molecule is CC.CC(C)(C)C(=O)CNCC1CCCCC1. The zero-order valence-electron chi connectivity index (χ0n) is 12.4. The monoisotopic (exact) mass is 241 g/mol. The quantitative estimate of drug-likeness (QED) is 0.811. The van der Waals surface area contributed by atoms with Crippen LogP contribution >= 0.6 is 0 Å². The molecule has 0 atom stereocenters. The summed E-state index contributed by atoms with van der Waals surface area (Å²) in [5.41, 5.74) is -0.195. The summed E-state index contributed by atoms with van der Waals surface area (Å²) in [6.45, 7) is 11.5. The van der Waals surface area contributed by atoms with Crippen molar-refractivity contribution in [3.05, 3.63) is 0 Å². The van der Waals surface area contributed by atoms with E-state index in [2.05, 4.69) is 5.32 Å². The normalized spacial score (nSPS) is 17.2. The van der Waals surface area contributed by atoms with E-state index < -0.39 is 0 Å². The Bertz CT molecular complexity index is 199. The minimum Gasteiger partial charge on any atom is -0.310 e. The van der Waals surface area contributed by atoms with Gasteiger partial charge < -0.3 is 5.32 Å². The fourth-order valence-electron chi connectivity index (χ4n) is 2.05. The maximum atomic E-state index is 11.6. The number of rotatable bonds is 4. The molecule has 1 aliphatic rings. The van der Waals surface area contributed by atoms with Crippen molar-refractivity contribution < 1.29 is 4.79 Å². The van der Waals surface area contributed by atoms with Crippen LogP contribution in [0.5, 0.6) is 0 Å². The lowest BCUT2D eigenvalue weighted by Crippen LogP contribution is -2.34. The summed E-state index contributed by atoms with van der Waals surface area (Å²) >= 11 is 0. The summed E-state index contributed by atoms with van der Waals surface area (Å²) < 4.78 is 0. The van der Waals surface area contributed by atoms with Gasteiger partial charge in [-0.3, -0.25) is 4.79 Å². The second-order valence-corrected chi connectivity index (χ2v) is 5.81. The Kier molecular flexibility index (Phi) is 8.49. The zero-order valence-corrected chi connectivity index (χ0v) is 12.4. The van der Waals surface area contributed by atoms with E-state index in [1.807, 2.05) is 34.6 Å². The van der Waals surface area contributed by atoms with Gasteiger partial charge in [-0.25, -0.2) is 0 Å². The highest BCUT2D eigenvalue weighted by Crippen LogP contribution is 2.22. The molecular formula is C15H31NO. The summed E-state index contributed by atoms with van der Waals surface area (Å²) in [6.07, 6.45) is 6.84. The lowest BCUT2D eigenvalue weighted by Gasteiger charge is -2.23. The molecule has 1 aliphatic carbocycles. The zero-order chi connectivity index (χ0) is 13.3. The number of Topliss-reactive ketones (excluding diaryl/α,β-unsaturated/α-hetero) is 1. The molecule has 2 heteroatoms. The highest BCUT2D eigenvalue weighted by atomic mass is 16.1. The van der Waals surface area contributed by atoms with Crippen molar-refractivity contribution in [2.45, 2.75) is 66.7 Å². The van der Waals surface area contributed by atoms with Crippen LogP contribution < -0.4 is 5.32 Å². The van der Waals surface area contributed by atoms with E-state index in [4.69, 9.17) is 0 Å². The van der Waals surface area contributed by atoms with E-state index in [-0.39, 0.29) is 5.41 Å². The highest BCUT2D eigenvalue weighted by Gasteiger charge is 2.21. The average Bonchev–Trinajstić information content (AvgIpc) is 2.32. The van der Waals surface area contributed by atoms with Gasteiger partial charge in [-0.15, -0.1) is 0 Å². The fourth-order valence-corrected chi connectivity index (χ4v) is 2.05. The van der Waals surface area contributed by atoms with Crippen LogP contribution in [0.4, 0.5) is 0 Å². The van der Waals surface area contributed by atoms with Crippen LogP contribution in [0.1, 0.15) is 66.7 Å². The van der Waals surface area contributed by atoms with Crippen molar-refractivity contribution in [2.75, 3.05) is 13.1 Å². The smallest absolute Gasteiger partial charge is 0.151 e. The van der Waals surface area contributed by atoms with Crippen LogP contribution in [0.25, 0.3) is 0 Å². The lowest BCUT2D eigenvalue weighted by atomic mass is 9.88. The molecule has 0 radical (unpaired) electrons. The van der Waals surface area contributed by atoms with Crippen LogP contribution in [0.3, 0.4) is 0 Å². The van der Waals surface area contributed by atoms with Crippen LogP contribution in [-0.4, -0.2) is 18.9 Å². The number of carbonyl (C=O) groups excluding carboxylic acids is 1. The number of nitrogens with one attached hydrogen (secondary N) is 1. The molecule has 2 nitrogen and oxygen atoms in total. The van der Waals surface area contributed by atoms with Gasteiger partial charge in [0.15, 0.2) is 5.78 Å². The molecule has 1 rings (SSSR count). The standard InChI is InChI=1S/C13H25NO.C2H6/c1-13(2,3)12(15)10-14-9-11-7-5-4-6-8-11;1-2/h11,14H,4-10H2,1-3H3;1-2H3. The van der Waals surface area contributed by atoms with Crippen LogP contribution in [0, 0.1) is 11.3 Å². The molecule has 0 bridgehead atoms. The van der Waals surface area contributed by atoms with Crippen LogP contribution in [-0.2, 0) is 4.79 Å². The maximum absolute atomic E-state index is 11.6. The molecule has 0 unspecified atom stereocenters. The van der Waals surface area contributed by atoms with Crippen molar-refractivity contribution in [3.63, 3.8) is 0 Å². The molecule has 1 N–H and O–H groups in total. The third kappa shape index (κ3) is 7.54. The van der Waals surface area contributed by atoms with E-state index >= 15 is 0 Å². The summed E-state index contributed by atoms with van der Waals surface area (Å²) in [6, 6.07) is 0. The Morgan fingerprint density at radius 3 is 2.12 bits per heavy atom. The Morgan fingerprint density at radius 1 is 1.12 bits per heavy atom. The maximum Gasteiger partial charge on any atom is 0.151 e. The Balaban J connectivity index is 0.00000121. The minimum absolute atomic E-state index is 0.195. The number of hydrogen-bond acceptors (Lipinski definition) is 2. The Hall–Kier alpha value is -0.370. The average molecular weight is 241 g/mol. The first-order valence-electron chi connectivity index (χ1n) is 7.24. The van der Waals surface area contributed by atoms with Gasteiger partial charge in [-0.1, -0.05) is 53.9 Å². The van der Waals surface area contributed by atoms with Crippen molar-refractivity contribution >= 4 is 5.78 Å². The molecule has 1 saturated carbocycles. The van der Waals surface area contributed by atoms with Gasteiger partial charge in [0.1, 0.15) is 0 Å². The fraction of sp³-hybridized carbons (Fsp3) is 0.933. The minimum atomic E-state index is -0.195. The molecule has 0 aliphatic heterocycles. The number of hydrogen-bond donors (Lipinski definition) is 1.